The number of carbonyl (C=O) groups is 1. The summed E-state index contributed by atoms with van der Waals surface area (Å²) in [4.78, 5) is 11.6. The Morgan fingerprint density at radius 2 is 1.93 bits per heavy atom. The summed E-state index contributed by atoms with van der Waals surface area (Å²) in [7, 11) is 0. The van der Waals surface area contributed by atoms with Crippen molar-refractivity contribution in [2.75, 3.05) is 0 Å². The van der Waals surface area contributed by atoms with E-state index in [1.807, 2.05) is 0 Å². The third-order valence-corrected chi connectivity index (χ3v) is 2.08. The fourth-order valence-corrected chi connectivity index (χ4v) is 1.21. The normalized spacial score (nSPS) is 11.5. The van der Waals surface area contributed by atoms with E-state index in [0.717, 1.165) is 12.1 Å². The number of benzene rings is 1. The number of hydrogen-bond acceptors (Lipinski definition) is 1. The molecule has 0 aliphatic carbocycles. The topological polar surface area (TPSA) is 17.1 Å². The predicted octanol–water partition coefficient (Wildman–Crippen LogP) is 3.32. The largest absolute Gasteiger partial charge is 0.293 e. The van der Waals surface area contributed by atoms with Crippen LogP contribution in [0, 0.1) is 11.6 Å². The summed E-state index contributed by atoms with van der Waals surface area (Å²) in [5, 5.41) is 0. The van der Waals surface area contributed by atoms with Crippen LogP contribution >= 0.6 is 15.9 Å². The van der Waals surface area contributed by atoms with Gasteiger partial charge >= 0.3 is 0 Å². The molecule has 1 aromatic rings. The highest BCUT2D eigenvalue weighted by Crippen LogP contribution is 2.23. The number of alkyl halides is 1. The molecule has 0 heterocycles. The molecule has 76 valence electrons. The van der Waals surface area contributed by atoms with Crippen molar-refractivity contribution in [3.8, 4) is 0 Å². The average Bonchev–Trinajstić information content (AvgIpc) is 2.01. The third kappa shape index (κ3) is 2.38. The van der Waals surface area contributed by atoms with Crippen molar-refractivity contribution in [3.63, 3.8) is 0 Å². The molecule has 0 N–H and O–H groups in total. The van der Waals surface area contributed by atoms with Crippen molar-refractivity contribution in [3.05, 3.63) is 35.4 Å². The van der Waals surface area contributed by atoms with Gasteiger partial charge in [-0.15, -0.1) is 0 Å². The molecule has 0 radical (unpaired) electrons. The lowest BCUT2D eigenvalue weighted by molar-refractivity contribution is 0.0957. The van der Waals surface area contributed by atoms with E-state index in [2.05, 4.69) is 15.9 Å². The standard InChI is InChI=1S/C10H9BrF2O/c1-10(2,11)9(14)7-4-3-6(12)5-8(7)13/h3-5H,1-2H3. The monoisotopic (exact) mass is 262 g/mol. The summed E-state index contributed by atoms with van der Waals surface area (Å²) in [5.41, 5.74) is -0.103. The molecular weight excluding hydrogens is 254 g/mol. The zero-order valence-corrected chi connectivity index (χ0v) is 9.36. The Morgan fingerprint density at radius 3 is 2.36 bits per heavy atom. The lowest BCUT2D eigenvalue weighted by atomic mass is 10.0. The lowest BCUT2D eigenvalue weighted by Crippen LogP contribution is -2.25. The maximum absolute atomic E-state index is 13.1. The van der Waals surface area contributed by atoms with Crippen molar-refractivity contribution in [1.82, 2.24) is 0 Å². The number of halogens is 3. The Bertz CT molecular complexity index is 369. The smallest absolute Gasteiger partial charge is 0.181 e. The van der Waals surface area contributed by atoms with Gasteiger partial charge in [0.15, 0.2) is 5.78 Å². The van der Waals surface area contributed by atoms with Crippen molar-refractivity contribution in [2.45, 2.75) is 18.2 Å². The number of ketones is 1. The fraction of sp³-hybridized carbons (Fsp3) is 0.300. The Morgan fingerprint density at radius 1 is 1.36 bits per heavy atom. The van der Waals surface area contributed by atoms with Gasteiger partial charge in [-0.1, -0.05) is 15.9 Å². The first-order chi connectivity index (χ1) is 6.32. The summed E-state index contributed by atoms with van der Waals surface area (Å²) >= 11 is 3.12. The van der Waals surface area contributed by atoms with Crippen LogP contribution in [0.25, 0.3) is 0 Å². The first-order valence-electron chi connectivity index (χ1n) is 4.01. The molecule has 0 spiro atoms. The highest BCUT2D eigenvalue weighted by atomic mass is 79.9. The van der Waals surface area contributed by atoms with E-state index < -0.39 is 21.7 Å². The summed E-state index contributed by atoms with van der Waals surface area (Å²) in [6.45, 7) is 3.22. The van der Waals surface area contributed by atoms with Gasteiger partial charge in [0.05, 0.1) is 9.89 Å². The second-order valence-electron chi connectivity index (χ2n) is 3.43. The minimum atomic E-state index is -0.842. The molecule has 0 aliphatic heterocycles. The minimum Gasteiger partial charge on any atom is -0.293 e. The van der Waals surface area contributed by atoms with Gasteiger partial charge in [-0.25, -0.2) is 8.78 Å². The molecule has 0 fully saturated rings. The molecule has 1 aromatic carbocycles. The van der Waals surface area contributed by atoms with E-state index in [9.17, 15) is 13.6 Å². The maximum atomic E-state index is 13.1. The number of carbonyl (C=O) groups excluding carboxylic acids is 1. The minimum absolute atomic E-state index is 0.103. The van der Waals surface area contributed by atoms with Crippen LogP contribution in [-0.2, 0) is 0 Å². The van der Waals surface area contributed by atoms with Crippen LogP contribution in [0.4, 0.5) is 8.78 Å². The van der Waals surface area contributed by atoms with Gasteiger partial charge in [-0.05, 0) is 26.0 Å². The molecule has 0 saturated carbocycles. The molecule has 0 bridgehead atoms. The van der Waals surface area contributed by atoms with Gasteiger partial charge in [-0.2, -0.15) is 0 Å². The number of rotatable bonds is 2. The van der Waals surface area contributed by atoms with E-state index in [4.69, 9.17) is 0 Å². The second-order valence-corrected chi connectivity index (χ2v) is 5.41. The first kappa shape index (κ1) is 11.3. The van der Waals surface area contributed by atoms with Crippen molar-refractivity contribution >= 4 is 21.7 Å². The van der Waals surface area contributed by atoms with Crippen LogP contribution in [0.15, 0.2) is 18.2 Å². The Labute approximate surface area is 89.3 Å². The van der Waals surface area contributed by atoms with Gasteiger partial charge in [0.2, 0.25) is 0 Å². The first-order valence-corrected chi connectivity index (χ1v) is 4.80. The number of Topliss-reactive ketones (excluding diaryl/α,β-unsaturated/α-hetero) is 1. The zero-order valence-electron chi connectivity index (χ0n) is 7.77. The van der Waals surface area contributed by atoms with E-state index in [1.165, 1.54) is 0 Å². The maximum Gasteiger partial charge on any atom is 0.181 e. The van der Waals surface area contributed by atoms with Gasteiger partial charge in [0, 0.05) is 6.07 Å². The SMILES string of the molecule is CC(C)(Br)C(=O)c1ccc(F)cc1F. The van der Waals surface area contributed by atoms with Crippen LogP contribution in [-0.4, -0.2) is 10.1 Å². The molecule has 0 atom stereocenters. The summed E-state index contributed by atoms with van der Waals surface area (Å²) in [6.07, 6.45) is 0. The van der Waals surface area contributed by atoms with Gasteiger partial charge in [0.1, 0.15) is 11.6 Å². The van der Waals surface area contributed by atoms with Gasteiger partial charge < -0.3 is 0 Å². The fourth-order valence-electron chi connectivity index (χ4n) is 0.994. The van der Waals surface area contributed by atoms with Crippen LogP contribution in [0.2, 0.25) is 0 Å². The average molecular weight is 263 g/mol. The van der Waals surface area contributed by atoms with Crippen LogP contribution < -0.4 is 0 Å². The Kier molecular flexibility index (Phi) is 3.04. The van der Waals surface area contributed by atoms with Crippen LogP contribution in [0.5, 0.6) is 0 Å². The van der Waals surface area contributed by atoms with Crippen molar-refractivity contribution in [2.24, 2.45) is 0 Å². The van der Waals surface area contributed by atoms with E-state index in [1.54, 1.807) is 13.8 Å². The van der Waals surface area contributed by atoms with Crippen LogP contribution in [0.3, 0.4) is 0 Å². The van der Waals surface area contributed by atoms with Crippen molar-refractivity contribution in [1.29, 1.82) is 0 Å². The number of hydrogen-bond donors (Lipinski definition) is 0. The molecule has 4 heteroatoms. The van der Waals surface area contributed by atoms with Crippen LogP contribution in [0.1, 0.15) is 24.2 Å². The van der Waals surface area contributed by atoms with Crippen molar-refractivity contribution < 1.29 is 13.6 Å². The Hall–Kier alpha value is -0.770. The molecule has 0 aromatic heterocycles. The predicted molar refractivity (Wildman–Crippen MR) is 53.7 cm³/mol. The molecule has 0 unspecified atom stereocenters. The Balaban J connectivity index is 3.15. The molecule has 0 amide bonds. The van der Waals surface area contributed by atoms with Gasteiger partial charge in [-0.3, -0.25) is 4.79 Å². The third-order valence-electron chi connectivity index (χ3n) is 1.72. The molecule has 0 saturated heterocycles. The molecule has 1 nitrogen and oxygen atoms in total. The molecule has 1 rings (SSSR count). The highest BCUT2D eigenvalue weighted by molar-refractivity contribution is 9.10. The summed E-state index contributed by atoms with van der Waals surface area (Å²) in [6, 6.07) is 2.91. The lowest BCUT2D eigenvalue weighted by Gasteiger charge is -2.14. The van der Waals surface area contributed by atoms with Gasteiger partial charge in [0.25, 0.3) is 0 Å². The van der Waals surface area contributed by atoms with E-state index >= 15 is 0 Å². The summed E-state index contributed by atoms with van der Waals surface area (Å²) in [5.74, 6) is -1.93. The second kappa shape index (κ2) is 3.77. The summed E-state index contributed by atoms with van der Waals surface area (Å²) < 4.78 is 24.9. The molecule has 14 heavy (non-hydrogen) atoms. The highest BCUT2D eigenvalue weighted by Gasteiger charge is 2.27. The zero-order chi connectivity index (χ0) is 10.9. The molecular formula is C10H9BrF2O. The van der Waals surface area contributed by atoms with E-state index in [0.29, 0.717) is 6.07 Å². The van der Waals surface area contributed by atoms with E-state index in [-0.39, 0.29) is 5.56 Å². The quantitative estimate of drug-likeness (QED) is 0.591. The molecule has 0 aliphatic rings.